The average Bonchev–Trinajstić information content (AvgIpc) is 2.54. The van der Waals surface area contributed by atoms with Gasteiger partial charge in [0.1, 0.15) is 22.6 Å². The summed E-state index contributed by atoms with van der Waals surface area (Å²) in [5, 5.41) is 13.9. The predicted molar refractivity (Wildman–Crippen MR) is 91.2 cm³/mol. The van der Waals surface area contributed by atoms with Crippen molar-refractivity contribution >= 4 is 21.2 Å². The summed E-state index contributed by atoms with van der Waals surface area (Å²) in [5.74, 6) is 0.133. The zero-order valence-electron chi connectivity index (χ0n) is 13.6. The summed E-state index contributed by atoms with van der Waals surface area (Å²) in [6.45, 7) is 2.09. The van der Waals surface area contributed by atoms with Gasteiger partial charge in [0.25, 0.3) is 5.69 Å². The highest BCUT2D eigenvalue weighted by atomic mass is 32.2. The van der Waals surface area contributed by atoms with Gasteiger partial charge < -0.3 is 10.1 Å². The number of nitro benzene ring substituents is 1. The Balaban J connectivity index is 2.07. The lowest BCUT2D eigenvalue weighted by atomic mass is 10.2. The molecule has 0 aliphatic heterocycles. The van der Waals surface area contributed by atoms with Gasteiger partial charge in [0.05, 0.1) is 11.5 Å². The van der Waals surface area contributed by atoms with Crippen molar-refractivity contribution in [3.05, 3.63) is 58.4 Å². The second-order valence-corrected chi connectivity index (χ2v) is 7.46. The molecular formula is C16H17FN2O5S. The molecule has 2 rings (SSSR count). The van der Waals surface area contributed by atoms with Crippen LogP contribution in [0.15, 0.2) is 47.4 Å². The maximum atomic E-state index is 12.9. The summed E-state index contributed by atoms with van der Waals surface area (Å²) in [5.41, 5.74) is -0.0516. The molecule has 1 N–H and O–H groups in total. The topological polar surface area (TPSA) is 98.5 Å². The van der Waals surface area contributed by atoms with Crippen LogP contribution in [0.4, 0.5) is 15.8 Å². The van der Waals surface area contributed by atoms with E-state index in [4.69, 9.17) is 4.74 Å². The minimum atomic E-state index is -3.74. The number of nitrogens with one attached hydrogen (secondary N) is 1. The molecule has 0 spiro atoms. The standard InChI is InChI=1S/C16H17FN2O5S/c1-11(24-14-6-3-12(17)4-7-14)10-18-13-5-8-15(19(20)21)16(9-13)25(2,22)23/h3-9,11,18H,10H2,1-2H3. The van der Waals surface area contributed by atoms with Crippen molar-refractivity contribution < 1.29 is 22.5 Å². The fraction of sp³-hybridized carbons (Fsp3) is 0.250. The lowest BCUT2D eigenvalue weighted by molar-refractivity contribution is -0.387. The molecule has 7 nitrogen and oxygen atoms in total. The van der Waals surface area contributed by atoms with Crippen LogP contribution in [0.5, 0.6) is 5.75 Å². The Morgan fingerprint density at radius 3 is 2.44 bits per heavy atom. The van der Waals surface area contributed by atoms with Crippen molar-refractivity contribution in [2.45, 2.75) is 17.9 Å². The van der Waals surface area contributed by atoms with E-state index in [1.165, 1.54) is 36.4 Å². The molecule has 0 saturated heterocycles. The van der Waals surface area contributed by atoms with Gasteiger partial charge in [0.2, 0.25) is 0 Å². The lowest BCUT2D eigenvalue weighted by Gasteiger charge is -2.16. The minimum Gasteiger partial charge on any atom is -0.489 e. The van der Waals surface area contributed by atoms with Crippen LogP contribution in [0.2, 0.25) is 0 Å². The van der Waals surface area contributed by atoms with E-state index in [-0.39, 0.29) is 16.8 Å². The summed E-state index contributed by atoms with van der Waals surface area (Å²) < 4.78 is 41.9. The number of nitrogens with zero attached hydrogens (tertiary/aromatic N) is 1. The van der Waals surface area contributed by atoms with E-state index in [1.54, 1.807) is 6.92 Å². The van der Waals surface area contributed by atoms with Crippen LogP contribution < -0.4 is 10.1 Å². The van der Waals surface area contributed by atoms with Crippen LogP contribution in [0.3, 0.4) is 0 Å². The van der Waals surface area contributed by atoms with Gasteiger partial charge in [0.15, 0.2) is 9.84 Å². The zero-order chi connectivity index (χ0) is 18.6. The highest BCUT2D eigenvalue weighted by Gasteiger charge is 2.22. The van der Waals surface area contributed by atoms with Gasteiger partial charge in [-0.3, -0.25) is 10.1 Å². The quantitative estimate of drug-likeness (QED) is 0.596. The third-order valence-corrected chi connectivity index (χ3v) is 4.43. The molecule has 0 bridgehead atoms. The Kier molecular flexibility index (Phi) is 5.58. The van der Waals surface area contributed by atoms with Crippen molar-refractivity contribution in [2.75, 3.05) is 18.1 Å². The fourth-order valence-corrected chi connectivity index (χ4v) is 2.98. The summed E-state index contributed by atoms with van der Waals surface area (Å²) in [7, 11) is -3.74. The number of hydrogen-bond acceptors (Lipinski definition) is 6. The van der Waals surface area contributed by atoms with E-state index < -0.39 is 20.4 Å². The average molecular weight is 368 g/mol. The van der Waals surface area contributed by atoms with Crippen LogP contribution >= 0.6 is 0 Å². The Bertz CT molecular complexity index is 869. The van der Waals surface area contributed by atoms with Gasteiger partial charge in [0, 0.05) is 18.0 Å². The Labute approximate surface area is 144 Å². The summed E-state index contributed by atoms with van der Waals surface area (Å²) >= 11 is 0. The molecule has 0 saturated carbocycles. The van der Waals surface area contributed by atoms with Gasteiger partial charge in [-0.25, -0.2) is 12.8 Å². The van der Waals surface area contributed by atoms with Crippen LogP contribution in [0, 0.1) is 15.9 Å². The number of sulfone groups is 1. The molecule has 0 aromatic heterocycles. The summed E-state index contributed by atoms with van der Waals surface area (Å²) in [6.07, 6.45) is 0.613. The van der Waals surface area contributed by atoms with Crippen molar-refractivity contribution in [3.8, 4) is 5.75 Å². The monoisotopic (exact) mass is 368 g/mol. The van der Waals surface area contributed by atoms with E-state index >= 15 is 0 Å². The van der Waals surface area contributed by atoms with Crippen LogP contribution in [0.25, 0.3) is 0 Å². The number of nitro groups is 1. The number of ether oxygens (including phenoxy) is 1. The number of benzene rings is 2. The predicted octanol–water partition coefficient (Wildman–Crippen LogP) is 3.02. The molecule has 25 heavy (non-hydrogen) atoms. The van der Waals surface area contributed by atoms with E-state index in [1.807, 2.05) is 0 Å². The highest BCUT2D eigenvalue weighted by Crippen LogP contribution is 2.27. The molecule has 0 amide bonds. The first kappa shape index (κ1) is 18.7. The Morgan fingerprint density at radius 2 is 1.88 bits per heavy atom. The van der Waals surface area contributed by atoms with Gasteiger partial charge >= 0.3 is 0 Å². The first-order valence-electron chi connectivity index (χ1n) is 7.31. The molecule has 0 fully saturated rings. The molecule has 0 radical (unpaired) electrons. The van der Waals surface area contributed by atoms with Crippen molar-refractivity contribution in [2.24, 2.45) is 0 Å². The molecule has 0 heterocycles. The highest BCUT2D eigenvalue weighted by molar-refractivity contribution is 7.90. The molecular weight excluding hydrogens is 351 g/mol. The van der Waals surface area contributed by atoms with Gasteiger partial charge in [-0.05, 0) is 43.3 Å². The van der Waals surface area contributed by atoms with Crippen molar-refractivity contribution in [1.29, 1.82) is 0 Å². The molecule has 1 unspecified atom stereocenters. The Hall–Kier alpha value is -2.68. The second-order valence-electron chi connectivity index (χ2n) is 5.48. The molecule has 134 valence electrons. The second kappa shape index (κ2) is 7.47. The molecule has 0 aliphatic carbocycles. The first-order chi connectivity index (χ1) is 11.7. The minimum absolute atomic E-state index is 0.303. The summed E-state index contributed by atoms with van der Waals surface area (Å²) in [6, 6.07) is 9.35. The van der Waals surface area contributed by atoms with Gasteiger partial charge in [-0.2, -0.15) is 0 Å². The third kappa shape index (κ3) is 5.15. The normalized spacial score (nSPS) is 12.4. The third-order valence-electron chi connectivity index (χ3n) is 3.30. The van der Waals surface area contributed by atoms with Gasteiger partial charge in [-0.1, -0.05) is 0 Å². The smallest absolute Gasteiger partial charge is 0.288 e. The van der Waals surface area contributed by atoms with Crippen LogP contribution in [-0.4, -0.2) is 32.2 Å². The maximum absolute atomic E-state index is 12.9. The van der Waals surface area contributed by atoms with Gasteiger partial charge in [-0.15, -0.1) is 0 Å². The fourth-order valence-electron chi connectivity index (χ4n) is 2.12. The maximum Gasteiger partial charge on any atom is 0.288 e. The number of halogens is 1. The number of hydrogen-bond donors (Lipinski definition) is 1. The molecule has 0 aliphatic rings. The summed E-state index contributed by atoms with van der Waals surface area (Å²) in [4.78, 5) is 9.86. The number of anilines is 1. The van der Waals surface area contributed by atoms with E-state index in [2.05, 4.69) is 5.32 Å². The van der Waals surface area contributed by atoms with E-state index in [0.29, 0.717) is 18.0 Å². The molecule has 1 atom stereocenters. The van der Waals surface area contributed by atoms with E-state index in [9.17, 15) is 22.9 Å². The largest absolute Gasteiger partial charge is 0.489 e. The zero-order valence-corrected chi connectivity index (χ0v) is 14.4. The van der Waals surface area contributed by atoms with Crippen LogP contribution in [-0.2, 0) is 9.84 Å². The SMILES string of the molecule is CC(CNc1ccc([N+](=O)[O-])c(S(C)(=O)=O)c1)Oc1ccc(F)cc1. The Morgan fingerprint density at radius 1 is 1.24 bits per heavy atom. The van der Waals surface area contributed by atoms with Crippen molar-refractivity contribution in [3.63, 3.8) is 0 Å². The molecule has 9 heteroatoms. The number of rotatable bonds is 7. The molecule has 2 aromatic rings. The van der Waals surface area contributed by atoms with Crippen molar-refractivity contribution in [1.82, 2.24) is 0 Å². The lowest BCUT2D eigenvalue weighted by Crippen LogP contribution is -2.22. The van der Waals surface area contributed by atoms with E-state index in [0.717, 1.165) is 12.3 Å². The van der Waals surface area contributed by atoms with Crippen LogP contribution in [0.1, 0.15) is 6.92 Å². The molecule has 2 aromatic carbocycles. The first-order valence-corrected chi connectivity index (χ1v) is 9.20.